The first-order valence-corrected chi connectivity index (χ1v) is 8.49. The van der Waals surface area contributed by atoms with Gasteiger partial charge in [0, 0.05) is 30.1 Å². The van der Waals surface area contributed by atoms with Gasteiger partial charge in [-0.05, 0) is 64.6 Å². The van der Waals surface area contributed by atoms with E-state index < -0.39 is 0 Å². The SMILES string of the molecule is CCn1c(C)cc(C(=O)CN2CCC(CC)(CO)CC2)c1C. The topological polar surface area (TPSA) is 45.5 Å². The van der Waals surface area contributed by atoms with Crippen molar-refractivity contribution in [2.24, 2.45) is 5.41 Å². The van der Waals surface area contributed by atoms with Crippen molar-refractivity contribution in [3.05, 3.63) is 23.0 Å². The normalized spacial score (nSPS) is 18.6. The minimum Gasteiger partial charge on any atom is -0.396 e. The molecule has 0 atom stereocenters. The van der Waals surface area contributed by atoms with Gasteiger partial charge in [-0.3, -0.25) is 9.69 Å². The fourth-order valence-electron chi connectivity index (χ4n) is 3.67. The average Bonchev–Trinajstić information content (AvgIpc) is 2.82. The van der Waals surface area contributed by atoms with Gasteiger partial charge in [0.1, 0.15) is 0 Å². The molecule has 2 heterocycles. The number of aryl methyl sites for hydroxylation is 1. The van der Waals surface area contributed by atoms with E-state index in [-0.39, 0.29) is 17.8 Å². The number of hydrogen-bond acceptors (Lipinski definition) is 3. The highest BCUT2D eigenvalue weighted by Gasteiger charge is 2.33. The molecule has 1 aliphatic rings. The summed E-state index contributed by atoms with van der Waals surface area (Å²) >= 11 is 0. The van der Waals surface area contributed by atoms with Crippen molar-refractivity contribution in [3.63, 3.8) is 0 Å². The molecule has 0 aliphatic carbocycles. The second-order valence-corrected chi connectivity index (χ2v) is 6.74. The van der Waals surface area contributed by atoms with E-state index in [0.717, 1.165) is 55.8 Å². The maximum absolute atomic E-state index is 12.6. The fraction of sp³-hybridized carbons (Fsp3) is 0.722. The lowest BCUT2D eigenvalue weighted by molar-refractivity contribution is 0.0400. The second kappa shape index (κ2) is 6.97. The maximum atomic E-state index is 12.6. The molecule has 0 spiro atoms. The minimum atomic E-state index is 0.0809. The van der Waals surface area contributed by atoms with Gasteiger partial charge in [-0.1, -0.05) is 6.92 Å². The van der Waals surface area contributed by atoms with Gasteiger partial charge in [0.25, 0.3) is 0 Å². The summed E-state index contributed by atoms with van der Waals surface area (Å²) in [6.45, 7) is 11.8. The minimum absolute atomic E-state index is 0.0809. The highest BCUT2D eigenvalue weighted by atomic mass is 16.3. The standard InChI is InChI=1S/C18H30N2O2/c1-5-18(13-21)7-9-19(10-8-18)12-17(22)16-11-14(3)20(6-2)15(16)4/h11,21H,5-10,12-13H2,1-4H3. The van der Waals surface area contributed by atoms with Gasteiger partial charge >= 0.3 is 0 Å². The fourth-order valence-corrected chi connectivity index (χ4v) is 3.67. The van der Waals surface area contributed by atoms with Crippen LogP contribution in [0.15, 0.2) is 6.07 Å². The van der Waals surface area contributed by atoms with Crippen LogP contribution in [-0.2, 0) is 6.54 Å². The van der Waals surface area contributed by atoms with Crippen molar-refractivity contribution in [2.75, 3.05) is 26.2 Å². The third kappa shape index (κ3) is 3.28. The van der Waals surface area contributed by atoms with Gasteiger partial charge in [-0.2, -0.15) is 0 Å². The first kappa shape index (κ1) is 17.2. The molecule has 0 bridgehead atoms. The van der Waals surface area contributed by atoms with Crippen LogP contribution in [0.5, 0.6) is 0 Å². The Morgan fingerprint density at radius 2 is 1.91 bits per heavy atom. The molecule has 1 fully saturated rings. The van der Waals surface area contributed by atoms with E-state index in [9.17, 15) is 9.90 Å². The highest BCUT2D eigenvalue weighted by Crippen LogP contribution is 2.34. The van der Waals surface area contributed by atoms with Crippen LogP contribution in [0.2, 0.25) is 0 Å². The van der Waals surface area contributed by atoms with E-state index in [0.29, 0.717) is 6.54 Å². The Hall–Kier alpha value is -1.13. The lowest BCUT2D eigenvalue weighted by Gasteiger charge is -2.40. The number of carbonyl (C=O) groups excluding carboxylic acids is 1. The van der Waals surface area contributed by atoms with Crippen LogP contribution in [0, 0.1) is 19.3 Å². The Balaban J connectivity index is 1.99. The molecule has 124 valence electrons. The molecule has 22 heavy (non-hydrogen) atoms. The zero-order valence-corrected chi connectivity index (χ0v) is 14.5. The molecule has 1 aliphatic heterocycles. The molecule has 1 aromatic heterocycles. The molecule has 1 saturated heterocycles. The highest BCUT2D eigenvalue weighted by molar-refractivity contribution is 5.99. The van der Waals surface area contributed by atoms with Crippen LogP contribution in [0.4, 0.5) is 0 Å². The number of piperidine rings is 1. The van der Waals surface area contributed by atoms with E-state index in [2.05, 4.69) is 30.2 Å². The van der Waals surface area contributed by atoms with Crippen molar-refractivity contribution in [2.45, 2.75) is 53.5 Å². The largest absolute Gasteiger partial charge is 0.396 e. The summed E-state index contributed by atoms with van der Waals surface area (Å²) in [5.41, 5.74) is 3.19. The molecule has 0 radical (unpaired) electrons. The average molecular weight is 306 g/mol. The van der Waals surface area contributed by atoms with Crippen molar-refractivity contribution in [1.82, 2.24) is 9.47 Å². The summed E-state index contributed by atoms with van der Waals surface area (Å²) < 4.78 is 2.19. The van der Waals surface area contributed by atoms with Crippen molar-refractivity contribution in [1.29, 1.82) is 0 Å². The second-order valence-electron chi connectivity index (χ2n) is 6.74. The Morgan fingerprint density at radius 3 is 2.36 bits per heavy atom. The predicted molar refractivity (Wildman–Crippen MR) is 89.4 cm³/mol. The molecule has 1 N–H and O–H groups in total. The zero-order chi connectivity index (χ0) is 16.3. The Labute approximate surface area is 134 Å². The molecule has 0 unspecified atom stereocenters. The van der Waals surface area contributed by atoms with E-state index in [1.807, 2.05) is 13.0 Å². The monoisotopic (exact) mass is 306 g/mol. The molecule has 4 nitrogen and oxygen atoms in total. The van der Waals surface area contributed by atoms with Crippen LogP contribution >= 0.6 is 0 Å². The molecule has 4 heteroatoms. The van der Waals surface area contributed by atoms with Crippen molar-refractivity contribution in [3.8, 4) is 0 Å². The molecule has 0 amide bonds. The lowest BCUT2D eigenvalue weighted by atomic mass is 9.77. The van der Waals surface area contributed by atoms with E-state index in [1.165, 1.54) is 0 Å². The molecular weight excluding hydrogens is 276 g/mol. The number of aliphatic hydroxyl groups is 1. The number of likely N-dealkylation sites (tertiary alicyclic amines) is 1. The number of aromatic nitrogens is 1. The Kier molecular flexibility index (Phi) is 5.45. The summed E-state index contributed by atoms with van der Waals surface area (Å²) in [7, 11) is 0. The molecule has 2 rings (SSSR count). The Bertz CT molecular complexity index is 519. The maximum Gasteiger partial charge on any atom is 0.178 e. The predicted octanol–water partition coefficient (Wildman–Crippen LogP) is 2.79. The van der Waals surface area contributed by atoms with Crippen molar-refractivity contribution >= 4 is 5.78 Å². The van der Waals surface area contributed by atoms with E-state index >= 15 is 0 Å². The summed E-state index contributed by atoms with van der Waals surface area (Å²) in [4.78, 5) is 14.9. The van der Waals surface area contributed by atoms with Gasteiger partial charge in [0.2, 0.25) is 0 Å². The smallest absolute Gasteiger partial charge is 0.178 e. The van der Waals surface area contributed by atoms with Crippen molar-refractivity contribution < 1.29 is 9.90 Å². The van der Waals surface area contributed by atoms with Crippen LogP contribution in [0.3, 0.4) is 0 Å². The van der Waals surface area contributed by atoms with Gasteiger partial charge < -0.3 is 9.67 Å². The number of rotatable bonds is 6. The number of ketones is 1. The lowest BCUT2D eigenvalue weighted by Crippen LogP contribution is -2.43. The van der Waals surface area contributed by atoms with Crippen LogP contribution in [-0.4, -0.2) is 46.6 Å². The van der Waals surface area contributed by atoms with E-state index in [1.54, 1.807) is 0 Å². The summed E-state index contributed by atoms with van der Waals surface area (Å²) in [6.07, 6.45) is 2.99. The number of nitrogens with zero attached hydrogens (tertiary/aromatic N) is 2. The van der Waals surface area contributed by atoms with Crippen LogP contribution in [0.25, 0.3) is 0 Å². The van der Waals surface area contributed by atoms with E-state index in [4.69, 9.17) is 0 Å². The molecule has 0 aromatic carbocycles. The quantitative estimate of drug-likeness (QED) is 0.822. The molecular formula is C18H30N2O2. The van der Waals surface area contributed by atoms with Gasteiger partial charge in [-0.15, -0.1) is 0 Å². The summed E-state index contributed by atoms with van der Waals surface area (Å²) in [5, 5.41) is 9.60. The number of aliphatic hydroxyl groups excluding tert-OH is 1. The zero-order valence-electron chi connectivity index (χ0n) is 14.5. The summed E-state index contributed by atoms with van der Waals surface area (Å²) in [5.74, 6) is 0.223. The first-order valence-electron chi connectivity index (χ1n) is 8.49. The molecule has 0 saturated carbocycles. The van der Waals surface area contributed by atoms with Crippen LogP contribution < -0.4 is 0 Å². The number of hydrogen-bond donors (Lipinski definition) is 1. The first-order chi connectivity index (χ1) is 10.5. The van der Waals surface area contributed by atoms with Gasteiger partial charge in [0.15, 0.2) is 5.78 Å². The number of Topliss-reactive ketones (excluding diaryl/α,β-unsaturated/α-hetero) is 1. The number of carbonyl (C=O) groups is 1. The Morgan fingerprint density at radius 1 is 1.27 bits per heavy atom. The van der Waals surface area contributed by atoms with Crippen LogP contribution in [0.1, 0.15) is 54.9 Å². The third-order valence-electron chi connectivity index (χ3n) is 5.56. The molecule has 1 aromatic rings. The van der Waals surface area contributed by atoms with Gasteiger partial charge in [-0.25, -0.2) is 0 Å². The van der Waals surface area contributed by atoms with Gasteiger partial charge in [0.05, 0.1) is 6.54 Å². The third-order valence-corrected chi connectivity index (χ3v) is 5.56. The summed E-state index contributed by atoms with van der Waals surface area (Å²) in [6, 6.07) is 2.02.